The Hall–Kier alpha value is -0.586. The molecule has 0 rings (SSSR count). The van der Waals surface area contributed by atoms with Crippen molar-refractivity contribution < 1.29 is 57.3 Å². The van der Waals surface area contributed by atoms with Crippen LogP contribution in [0.1, 0.15) is 13.8 Å². The van der Waals surface area contributed by atoms with Crippen LogP contribution in [0.25, 0.3) is 0 Å². The van der Waals surface area contributed by atoms with Crippen molar-refractivity contribution in [2.45, 2.75) is 26.1 Å². The van der Waals surface area contributed by atoms with Crippen molar-refractivity contribution in [1.82, 2.24) is 12.3 Å². The average Bonchev–Trinajstić information content (AvgIpc) is 2.06. The Morgan fingerprint density at radius 3 is 1.00 bits per heavy atom. The standard InChI is InChI=1S/2C3H6O3.2H3N.2O.Ti/c2*1-2(4)3(5)6;;;;;/h2*2,4H,1H3,(H,5,6);2*1H3;;;/q;;;;2*-1;/p+2. The normalized spacial score (nSPS) is 10.5. The fraction of sp³-hybridized carbons (Fsp3) is 0.667. The number of carboxylic acids is 2. The summed E-state index contributed by atoms with van der Waals surface area (Å²) in [5.74, 6) is -2.37. The number of hydrogen-bond acceptors (Lipinski definition) is 6. The third-order valence-corrected chi connectivity index (χ3v) is 0.715. The van der Waals surface area contributed by atoms with Gasteiger partial charge >= 0.3 is 39.2 Å². The molecule has 0 aliphatic heterocycles. The predicted molar refractivity (Wildman–Crippen MR) is 50.6 cm³/mol. The maximum atomic E-state index is 9.45. The van der Waals surface area contributed by atoms with Crippen molar-refractivity contribution >= 4 is 11.9 Å². The van der Waals surface area contributed by atoms with Gasteiger partial charge in [-0.15, -0.1) is 0 Å². The topological polar surface area (TPSA) is 234 Å². The summed E-state index contributed by atoms with van der Waals surface area (Å²) in [4.78, 5) is 18.9. The Kier molecular flexibility index (Phi) is 36.6. The maximum absolute atomic E-state index is 9.45. The zero-order chi connectivity index (χ0) is 13.0. The SMILES string of the molecule is CC(O)C(=O)O.CC(O)C(=O)O.[NH4+].[NH4+].[O-][Ti][O-]. The molecule has 0 saturated heterocycles. The number of aliphatic carboxylic acids is 2. The van der Waals surface area contributed by atoms with E-state index in [0.29, 0.717) is 0 Å². The molecule has 12 N–H and O–H groups in total. The molecule has 0 aromatic heterocycles. The molecule has 0 heterocycles. The van der Waals surface area contributed by atoms with Gasteiger partial charge in [-0.2, -0.15) is 0 Å². The number of carboxylic acid groups (broad SMARTS) is 2. The van der Waals surface area contributed by atoms with Gasteiger partial charge in [0.05, 0.1) is 0 Å². The average molecular weight is 296 g/mol. The number of hydrogen-bond donors (Lipinski definition) is 6. The van der Waals surface area contributed by atoms with Crippen molar-refractivity contribution in [2.75, 3.05) is 0 Å². The van der Waals surface area contributed by atoms with Gasteiger partial charge in [0, 0.05) is 0 Å². The zero-order valence-corrected chi connectivity index (χ0v) is 11.6. The van der Waals surface area contributed by atoms with E-state index in [2.05, 4.69) is 0 Å². The molecule has 11 heteroatoms. The van der Waals surface area contributed by atoms with Gasteiger partial charge in [0.25, 0.3) is 0 Å². The first-order chi connectivity index (χ1) is 6.70. The van der Waals surface area contributed by atoms with Crippen LogP contribution in [0, 0.1) is 0 Å². The summed E-state index contributed by atoms with van der Waals surface area (Å²) < 4.78 is 17.0. The molecule has 0 aromatic rings. The Bertz CT molecular complexity index is 159. The van der Waals surface area contributed by atoms with Crippen LogP contribution in [0.2, 0.25) is 0 Å². The Morgan fingerprint density at radius 1 is 0.941 bits per heavy atom. The molecule has 0 spiro atoms. The van der Waals surface area contributed by atoms with E-state index in [0.717, 1.165) is 0 Å². The molecule has 0 saturated carbocycles. The fourth-order valence-electron chi connectivity index (χ4n) is 0. The minimum atomic E-state index is -2.00. The number of carbonyl (C=O) groups is 2. The van der Waals surface area contributed by atoms with Gasteiger partial charge in [-0.1, -0.05) is 0 Å². The van der Waals surface area contributed by atoms with Crippen molar-refractivity contribution in [3.8, 4) is 0 Å². The molecule has 106 valence electrons. The molecule has 0 aliphatic rings. The van der Waals surface area contributed by atoms with E-state index in [1.807, 2.05) is 0 Å². The number of quaternary nitrogens is 2. The Morgan fingerprint density at radius 2 is 1.00 bits per heavy atom. The summed E-state index contributed by atoms with van der Waals surface area (Å²) in [6.07, 6.45) is -2.46. The summed E-state index contributed by atoms with van der Waals surface area (Å²) in [6, 6.07) is 0. The molecule has 2 unspecified atom stereocenters. The molecule has 17 heavy (non-hydrogen) atoms. The van der Waals surface area contributed by atoms with Gasteiger partial charge in [-0.05, 0) is 13.8 Å². The van der Waals surface area contributed by atoms with E-state index in [9.17, 15) is 9.59 Å². The first kappa shape index (κ1) is 29.9. The van der Waals surface area contributed by atoms with Crippen LogP contribution in [0.3, 0.4) is 0 Å². The van der Waals surface area contributed by atoms with Gasteiger partial charge in [0.15, 0.2) is 0 Å². The Labute approximate surface area is 108 Å². The van der Waals surface area contributed by atoms with Gasteiger partial charge in [-0.3, -0.25) is 0 Å². The number of rotatable bonds is 2. The van der Waals surface area contributed by atoms with E-state index in [1.165, 1.54) is 13.8 Å². The van der Waals surface area contributed by atoms with Crippen molar-refractivity contribution in [3.63, 3.8) is 0 Å². The van der Waals surface area contributed by atoms with E-state index >= 15 is 0 Å². The van der Waals surface area contributed by atoms with Gasteiger partial charge in [0.1, 0.15) is 12.2 Å². The van der Waals surface area contributed by atoms with Crippen LogP contribution < -0.4 is 19.7 Å². The molecule has 0 fully saturated rings. The number of aliphatic hydroxyl groups is 2. The van der Waals surface area contributed by atoms with Crippen molar-refractivity contribution in [3.05, 3.63) is 0 Å². The summed E-state index contributed by atoms with van der Waals surface area (Å²) in [7, 11) is 0. The fourth-order valence-corrected chi connectivity index (χ4v) is 0. The quantitative estimate of drug-likeness (QED) is 0.292. The van der Waals surface area contributed by atoms with E-state index < -0.39 is 44.1 Å². The first-order valence-electron chi connectivity index (χ1n) is 3.51. The second kappa shape index (κ2) is 20.8. The molecular weight excluding hydrogens is 276 g/mol. The molecule has 10 nitrogen and oxygen atoms in total. The van der Waals surface area contributed by atoms with Crippen LogP contribution in [-0.4, -0.2) is 44.6 Å². The predicted octanol–water partition coefficient (Wildman–Crippen LogP) is -2.72. The van der Waals surface area contributed by atoms with Crippen LogP contribution in [0.4, 0.5) is 0 Å². The van der Waals surface area contributed by atoms with Crippen molar-refractivity contribution in [2.24, 2.45) is 0 Å². The Balaban J connectivity index is -0.0000000421. The van der Waals surface area contributed by atoms with E-state index in [1.54, 1.807) is 0 Å². The minimum absolute atomic E-state index is 0. The zero-order valence-electron chi connectivity index (χ0n) is 10.1. The van der Waals surface area contributed by atoms with Gasteiger partial charge < -0.3 is 32.7 Å². The van der Waals surface area contributed by atoms with E-state index in [4.69, 9.17) is 27.8 Å². The number of aliphatic hydroxyl groups excluding tert-OH is 2. The molecular formula is C6H20N2O8Ti. The summed E-state index contributed by atoms with van der Waals surface area (Å²) in [5.41, 5.74) is 0. The monoisotopic (exact) mass is 296 g/mol. The second-order valence-electron chi connectivity index (χ2n) is 2.11. The molecule has 0 radical (unpaired) electrons. The molecule has 2 atom stereocenters. The summed E-state index contributed by atoms with van der Waals surface area (Å²) in [6.45, 7) is 2.39. The van der Waals surface area contributed by atoms with Crippen LogP contribution in [0.15, 0.2) is 0 Å². The third kappa shape index (κ3) is 50.5. The van der Waals surface area contributed by atoms with Crippen LogP contribution >= 0.6 is 0 Å². The van der Waals surface area contributed by atoms with Crippen LogP contribution in [-0.2, 0) is 29.5 Å². The van der Waals surface area contributed by atoms with Crippen LogP contribution in [0.5, 0.6) is 0 Å². The third-order valence-electron chi connectivity index (χ3n) is 0.715. The summed E-state index contributed by atoms with van der Waals surface area (Å²) in [5, 5.41) is 31.5. The molecule has 0 aliphatic carbocycles. The second-order valence-corrected chi connectivity index (χ2v) is 2.37. The molecule has 0 bridgehead atoms. The first-order valence-corrected chi connectivity index (χ1v) is 4.79. The van der Waals surface area contributed by atoms with Gasteiger partial charge in [0.2, 0.25) is 0 Å². The molecule has 0 aromatic carbocycles. The van der Waals surface area contributed by atoms with Gasteiger partial charge in [-0.25, -0.2) is 9.59 Å². The summed E-state index contributed by atoms with van der Waals surface area (Å²) >= 11 is -2.00. The van der Waals surface area contributed by atoms with Crippen molar-refractivity contribution in [1.29, 1.82) is 0 Å². The molecule has 0 amide bonds. The van der Waals surface area contributed by atoms with E-state index in [-0.39, 0.29) is 12.3 Å².